The van der Waals surface area contributed by atoms with Gasteiger partial charge in [-0.2, -0.15) is 0 Å². The number of methoxy groups -OCH3 is 2. The highest BCUT2D eigenvalue weighted by atomic mass is 16.5. The molecular weight excluding hydrogens is 418 g/mol. The molecule has 2 aromatic rings. The third-order valence-electron chi connectivity index (χ3n) is 5.99. The van der Waals surface area contributed by atoms with E-state index in [1.165, 1.54) is 19.3 Å². The summed E-state index contributed by atoms with van der Waals surface area (Å²) in [5.74, 6) is 1.09. The Balaban J connectivity index is 1.67. The second kappa shape index (κ2) is 12.8. The van der Waals surface area contributed by atoms with E-state index in [-0.39, 0.29) is 30.9 Å². The summed E-state index contributed by atoms with van der Waals surface area (Å²) in [5, 5.41) is 5.89. The van der Waals surface area contributed by atoms with E-state index in [0.717, 1.165) is 25.7 Å². The van der Waals surface area contributed by atoms with Crippen LogP contribution in [0.3, 0.4) is 0 Å². The van der Waals surface area contributed by atoms with Crippen LogP contribution in [0.5, 0.6) is 11.5 Å². The molecule has 7 heteroatoms. The topological polar surface area (TPSA) is 79.9 Å². The number of anilines is 2. The maximum absolute atomic E-state index is 12.9. The van der Waals surface area contributed by atoms with Crippen molar-refractivity contribution in [2.75, 3.05) is 37.9 Å². The molecule has 0 heterocycles. The van der Waals surface area contributed by atoms with Crippen LogP contribution in [-0.2, 0) is 9.59 Å². The molecule has 2 aromatic carbocycles. The van der Waals surface area contributed by atoms with Crippen LogP contribution >= 0.6 is 0 Å². The smallest absolute Gasteiger partial charge is 0.238 e. The first-order chi connectivity index (χ1) is 16.1. The molecule has 7 nitrogen and oxygen atoms in total. The van der Waals surface area contributed by atoms with Gasteiger partial charge in [0.05, 0.1) is 27.3 Å². The van der Waals surface area contributed by atoms with Gasteiger partial charge in [-0.1, -0.05) is 44.2 Å². The van der Waals surface area contributed by atoms with Crippen LogP contribution < -0.4 is 20.1 Å². The minimum atomic E-state index is -0.139. The van der Waals surface area contributed by atoms with Gasteiger partial charge in [-0.3, -0.25) is 14.5 Å². The van der Waals surface area contributed by atoms with E-state index in [9.17, 15) is 9.59 Å². The SMILES string of the molecule is COc1cccc(NC(=O)CN(CC(=O)Nc2cccc(OC)c2)C2CCCCCCC2)c1. The summed E-state index contributed by atoms with van der Waals surface area (Å²) in [5.41, 5.74) is 1.36. The second-order valence-electron chi connectivity index (χ2n) is 8.46. The van der Waals surface area contributed by atoms with Gasteiger partial charge < -0.3 is 20.1 Å². The number of amides is 2. The number of hydrogen-bond acceptors (Lipinski definition) is 5. The number of nitrogens with zero attached hydrogens (tertiary/aromatic N) is 1. The van der Waals surface area contributed by atoms with Gasteiger partial charge in [0.1, 0.15) is 11.5 Å². The summed E-state index contributed by atoms with van der Waals surface area (Å²) in [6, 6.07) is 14.8. The summed E-state index contributed by atoms with van der Waals surface area (Å²) in [6.45, 7) is 0.320. The Kier molecular flexibility index (Phi) is 9.57. The van der Waals surface area contributed by atoms with Crippen molar-refractivity contribution in [1.29, 1.82) is 0 Å². The molecule has 33 heavy (non-hydrogen) atoms. The Bertz CT molecular complexity index is 846. The predicted molar refractivity (Wildman–Crippen MR) is 131 cm³/mol. The van der Waals surface area contributed by atoms with Gasteiger partial charge in [-0.25, -0.2) is 0 Å². The van der Waals surface area contributed by atoms with E-state index in [0.29, 0.717) is 22.9 Å². The zero-order valence-corrected chi connectivity index (χ0v) is 19.6. The lowest BCUT2D eigenvalue weighted by atomic mass is 9.95. The molecule has 1 fully saturated rings. The number of ether oxygens (including phenoxy) is 2. The molecular formula is C26H35N3O4. The fourth-order valence-electron chi connectivity index (χ4n) is 4.29. The fraction of sp³-hybridized carbons (Fsp3) is 0.462. The first kappa shape index (κ1) is 24.6. The van der Waals surface area contributed by atoms with Crippen molar-refractivity contribution in [3.63, 3.8) is 0 Å². The van der Waals surface area contributed by atoms with Gasteiger partial charge in [0.25, 0.3) is 0 Å². The van der Waals surface area contributed by atoms with E-state index in [2.05, 4.69) is 10.6 Å². The van der Waals surface area contributed by atoms with Crippen molar-refractivity contribution < 1.29 is 19.1 Å². The highest BCUT2D eigenvalue weighted by molar-refractivity contribution is 5.95. The number of carbonyl (C=O) groups is 2. The monoisotopic (exact) mass is 453 g/mol. The lowest BCUT2D eigenvalue weighted by Gasteiger charge is -2.32. The Hall–Kier alpha value is -3.06. The molecule has 1 aliphatic rings. The number of nitrogens with one attached hydrogen (secondary N) is 2. The zero-order chi connectivity index (χ0) is 23.5. The standard InChI is InChI=1S/C26H35N3O4/c1-32-23-14-8-10-20(16-23)27-25(30)18-29(22-12-6-4-3-5-7-13-22)19-26(31)28-21-11-9-15-24(17-21)33-2/h8-11,14-17,22H,3-7,12-13,18-19H2,1-2H3,(H,27,30)(H,28,31). The van der Waals surface area contributed by atoms with Gasteiger partial charge >= 0.3 is 0 Å². The summed E-state index contributed by atoms with van der Waals surface area (Å²) in [4.78, 5) is 27.8. The van der Waals surface area contributed by atoms with Crippen molar-refractivity contribution in [2.24, 2.45) is 0 Å². The third-order valence-corrected chi connectivity index (χ3v) is 5.99. The maximum atomic E-state index is 12.9. The molecule has 0 spiro atoms. The van der Waals surface area contributed by atoms with Crippen LogP contribution in [0.1, 0.15) is 44.9 Å². The molecule has 1 aliphatic carbocycles. The van der Waals surface area contributed by atoms with E-state index in [1.807, 2.05) is 41.3 Å². The average molecular weight is 454 g/mol. The first-order valence-electron chi connectivity index (χ1n) is 11.7. The quantitative estimate of drug-likeness (QED) is 0.576. The molecule has 0 radical (unpaired) electrons. The van der Waals surface area contributed by atoms with Crippen molar-refractivity contribution >= 4 is 23.2 Å². The summed E-state index contributed by atoms with van der Waals surface area (Å²) >= 11 is 0. The Labute approximate surface area is 196 Å². The second-order valence-corrected chi connectivity index (χ2v) is 8.46. The van der Waals surface area contributed by atoms with Crippen LogP contribution in [0.4, 0.5) is 11.4 Å². The molecule has 0 saturated heterocycles. The molecule has 0 bridgehead atoms. The van der Waals surface area contributed by atoms with Gasteiger partial charge in [0, 0.05) is 29.5 Å². The minimum Gasteiger partial charge on any atom is -0.497 e. The van der Waals surface area contributed by atoms with Gasteiger partial charge in [-0.05, 0) is 37.1 Å². The summed E-state index contributed by atoms with van der Waals surface area (Å²) in [6.07, 6.45) is 7.91. The Morgan fingerprint density at radius 1 is 0.788 bits per heavy atom. The highest BCUT2D eigenvalue weighted by Crippen LogP contribution is 2.23. The van der Waals surface area contributed by atoms with Crippen LogP contribution in [0, 0.1) is 0 Å². The van der Waals surface area contributed by atoms with Crippen LogP contribution in [-0.4, -0.2) is 50.1 Å². The molecule has 3 rings (SSSR count). The molecule has 0 unspecified atom stereocenters. The average Bonchev–Trinajstić information content (AvgIpc) is 2.78. The molecule has 0 aromatic heterocycles. The normalized spacial score (nSPS) is 14.8. The zero-order valence-electron chi connectivity index (χ0n) is 19.6. The van der Waals surface area contributed by atoms with E-state index < -0.39 is 0 Å². The summed E-state index contributed by atoms with van der Waals surface area (Å²) in [7, 11) is 3.19. The fourth-order valence-corrected chi connectivity index (χ4v) is 4.29. The predicted octanol–water partition coefficient (Wildman–Crippen LogP) is 4.70. The third kappa shape index (κ3) is 8.09. The van der Waals surface area contributed by atoms with Crippen molar-refractivity contribution in [3.05, 3.63) is 48.5 Å². The Morgan fingerprint density at radius 2 is 1.24 bits per heavy atom. The highest BCUT2D eigenvalue weighted by Gasteiger charge is 2.24. The van der Waals surface area contributed by atoms with Crippen LogP contribution in [0.25, 0.3) is 0 Å². The summed E-state index contributed by atoms with van der Waals surface area (Å²) < 4.78 is 10.5. The van der Waals surface area contributed by atoms with Crippen molar-refractivity contribution in [3.8, 4) is 11.5 Å². The van der Waals surface area contributed by atoms with Gasteiger partial charge in [0.2, 0.25) is 11.8 Å². The lowest BCUT2D eigenvalue weighted by Crippen LogP contribution is -2.45. The van der Waals surface area contributed by atoms with Crippen LogP contribution in [0.2, 0.25) is 0 Å². The van der Waals surface area contributed by atoms with E-state index >= 15 is 0 Å². The van der Waals surface area contributed by atoms with Gasteiger partial charge in [-0.15, -0.1) is 0 Å². The largest absolute Gasteiger partial charge is 0.497 e. The van der Waals surface area contributed by atoms with Crippen LogP contribution in [0.15, 0.2) is 48.5 Å². The molecule has 0 aliphatic heterocycles. The molecule has 1 saturated carbocycles. The van der Waals surface area contributed by atoms with Crippen molar-refractivity contribution in [2.45, 2.75) is 51.0 Å². The van der Waals surface area contributed by atoms with E-state index in [4.69, 9.17) is 9.47 Å². The van der Waals surface area contributed by atoms with Crippen molar-refractivity contribution in [1.82, 2.24) is 4.90 Å². The molecule has 2 N–H and O–H groups in total. The van der Waals surface area contributed by atoms with E-state index in [1.54, 1.807) is 26.4 Å². The number of carbonyl (C=O) groups excluding carboxylic acids is 2. The van der Waals surface area contributed by atoms with Gasteiger partial charge in [0.15, 0.2) is 0 Å². The molecule has 178 valence electrons. The lowest BCUT2D eigenvalue weighted by molar-refractivity contribution is -0.121. The number of benzene rings is 2. The maximum Gasteiger partial charge on any atom is 0.238 e. The minimum absolute atomic E-state index is 0.139. The molecule has 2 amide bonds. The number of hydrogen-bond donors (Lipinski definition) is 2. The Morgan fingerprint density at radius 3 is 1.70 bits per heavy atom. The molecule has 0 atom stereocenters. The number of rotatable bonds is 9. The first-order valence-corrected chi connectivity index (χ1v) is 11.7.